The van der Waals surface area contributed by atoms with E-state index in [1.54, 1.807) is 7.11 Å². The molecule has 2 aliphatic heterocycles. The monoisotopic (exact) mass is 192 g/mol. The van der Waals surface area contributed by atoms with Crippen LogP contribution in [0.4, 0.5) is 0 Å². The number of hydrogen-bond acceptors (Lipinski definition) is 3. The molecular weight excluding hydrogens is 180 g/mol. The first kappa shape index (κ1) is 8.12. The van der Waals surface area contributed by atoms with Crippen LogP contribution in [0, 0.1) is 0 Å². The highest BCUT2D eigenvalue weighted by molar-refractivity contribution is 5.56. The van der Waals surface area contributed by atoms with Gasteiger partial charge in [0.05, 0.1) is 7.11 Å². The molecule has 0 amide bonds. The molecule has 0 saturated carbocycles. The van der Waals surface area contributed by atoms with E-state index in [-0.39, 0.29) is 5.60 Å². The third-order valence-electron chi connectivity index (χ3n) is 3.23. The third-order valence-corrected chi connectivity index (χ3v) is 3.23. The van der Waals surface area contributed by atoms with Gasteiger partial charge in [0, 0.05) is 12.5 Å². The van der Waals surface area contributed by atoms with E-state index in [4.69, 9.17) is 14.2 Å². The van der Waals surface area contributed by atoms with E-state index < -0.39 is 5.79 Å². The molecule has 74 valence electrons. The highest BCUT2D eigenvalue weighted by Gasteiger charge is 2.73. The average molecular weight is 192 g/mol. The summed E-state index contributed by atoms with van der Waals surface area (Å²) in [4.78, 5) is 0. The van der Waals surface area contributed by atoms with Gasteiger partial charge in [0.2, 0.25) is 5.79 Å². The van der Waals surface area contributed by atoms with Crippen LogP contribution < -0.4 is 9.47 Å². The Hall–Kier alpha value is -1.22. The van der Waals surface area contributed by atoms with Crippen molar-refractivity contribution in [3.63, 3.8) is 0 Å². The average Bonchev–Trinajstić information content (AvgIpc) is 2.62. The van der Waals surface area contributed by atoms with E-state index in [0.717, 1.165) is 17.1 Å². The number of rotatable bonds is 1. The van der Waals surface area contributed by atoms with Crippen molar-refractivity contribution in [3.8, 4) is 11.5 Å². The predicted molar refractivity (Wildman–Crippen MR) is 50.5 cm³/mol. The largest absolute Gasteiger partial charge is 0.493 e. The van der Waals surface area contributed by atoms with Crippen LogP contribution >= 0.6 is 0 Å². The molecule has 2 heterocycles. The number of methoxy groups -OCH3 is 1. The Morgan fingerprint density at radius 2 is 2.07 bits per heavy atom. The zero-order chi connectivity index (χ0) is 9.97. The number of epoxide rings is 1. The van der Waals surface area contributed by atoms with Crippen molar-refractivity contribution in [1.82, 2.24) is 0 Å². The number of fused-ring (bicyclic) bond motifs is 3. The minimum atomic E-state index is -0.482. The van der Waals surface area contributed by atoms with Crippen LogP contribution in [-0.4, -0.2) is 12.9 Å². The summed E-state index contributed by atoms with van der Waals surface area (Å²) in [6, 6.07) is 5.88. The van der Waals surface area contributed by atoms with Gasteiger partial charge in [-0.05, 0) is 13.0 Å². The first-order valence-electron chi connectivity index (χ1n) is 4.67. The van der Waals surface area contributed by atoms with E-state index in [0.29, 0.717) is 0 Å². The van der Waals surface area contributed by atoms with E-state index in [1.165, 1.54) is 0 Å². The first-order valence-corrected chi connectivity index (χ1v) is 4.67. The Kier molecular flexibility index (Phi) is 1.19. The predicted octanol–water partition coefficient (Wildman–Crippen LogP) is 2.05. The summed E-state index contributed by atoms with van der Waals surface area (Å²) in [5.41, 5.74) is 0.802. The van der Waals surface area contributed by atoms with Crippen LogP contribution in [0.15, 0.2) is 18.2 Å². The molecule has 0 spiro atoms. The van der Waals surface area contributed by atoms with Crippen molar-refractivity contribution >= 4 is 0 Å². The number of benzene rings is 1. The van der Waals surface area contributed by atoms with Gasteiger partial charge in [0.15, 0.2) is 17.1 Å². The zero-order valence-electron chi connectivity index (χ0n) is 8.46. The van der Waals surface area contributed by atoms with Gasteiger partial charge in [-0.15, -0.1) is 0 Å². The van der Waals surface area contributed by atoms with Crippen molar-refractivity contribution in [2.75, 3.05) is 7.11 Å². The molecule has 0 radical (unpaired) electrons. The molecule has 3 rings (SSSR count). The summed E-state index contributed by atoms with van der Waals surface area (Å²) >= 11 is 0. The third kappa shape index (κ3) is 0.686. The van der Waals surface area contributed by atoms with Crippen molar-refractivity contribution in [2.45, 2.75) is 25.2 Å². The van der Waals surface area contributed by atoms with Gasteiger partial charge in [0.25, 0.3) is 0 Å². The maximum atomic E-state index is 5.75. The molecule has 2 unspecified atom stereocenters. The standard InChI is InChI=1S/C11H12O3/c1-10-7-5-4-6-8(12-3)9(7)13-11(10,2)14-10/h4-6H,1-3H3. The Bertz CT molecular complexity index is 415. The lowest BCUT2D eigenvalue weighted by atomic mass is 9.98. The van der Waals surface area contributed by atoms with Crippen LogP contribution in [0.2, 0.25) is 0 Å². The van der Waals surface area contributed by atoms with Gasteiger partial charge in [-0.25, -0.2) is 0 Å². The summed E-state index contributed by atoms with van der Waals surface area (Å²) < 4.78 is 16.6. The fourth-order valence-electron chi connectivity index (χ4n) is 2.13. The summed E-state index contributed by atoms with van der Waals surface area (Å²) in [5, 5.41) is 0. The summed E-state index contributed by atoms with van der Waals surface area (Å²) in [6.45, 7) is 3.99. The van der Waals surface area contributed by atoms with Crippen LogP contribution in [0.1, 0.15) is 19.4 Å². The van der Waals surface area contributed by atoms with Crippen LogP contribution in [0.5, 0.6) is 11.5 Å². The molecule has 3 nitrogen and oxygen atoms in total. The molecule has 0 N–H and O–H groups in total. The number of ether oxygens (including phenoxy) is 3. The summed E-state index contributed by atoms with van der Waals surface area (Å²) in [6.07, 6.45) is 0. The normalized spacial score (nSPS) is 37.1. The molecule has 2 atom stereocenters. The van der Waals surface area contributed by atoms with Gasteiger partial charge < -0.3 is 14.2 Å². The Labute approximate surface area is 82.6 Å². The maximum Gasteiger partial charge on any atom is 0.242 e. The van der Waals surface area contributed by atoms with E-state index in [9.17, 15) is 0 Å². The molecule has 0 bridgehead atoms. The van der Waals surface area contributed by atoms with E-state index in [2.05, 4.69) is 0 Å². The molecule has 14 heavy (non-hydrogen) atoms. The Morgan fingerprint density at radius 3 is 2.79 bits per heavy atom. The smallest absolute Gasteiger partial charge is 0.242 e. The topological polar surface area (TPSA) is 31.0 Å². The molecule has 1 aromatic rings. The molecule has 3 heteroatoms. The molecule has 0 aliphatic carbocycles. The molecule has 1 fully saturated rings. The van der Waals surface area contributed by atoms with Gasteiger partial charge in [-0.3, -0.25) is 0 Å². The van der Waals surface area contributed by atoms with Gasteiger partial charge in [-0.1, -0.05) is 12.1 Å². The lowest BCUT2D eigenvalue weighted by Crippen LogP contribution is -2.16. The Morgan fingerprint density at radius 1 is 1.29 bits per heavy atom. The van der Waals surface area contributed by atoms with E-state index >= 15 is 0 Å². The Balaban J connectivity index is 2.20. The van der Waals surface area contributed by atoms with E-state index in [1.807, 2.05) is 32.0 Å². The highest BCUT2D eigenvalue weighted by atomic mass is 16.8. The van der Waals surface area contributed by atoms with Crippen molar-refractivity contribution in [1.29, 1.82) is 0 Å². The summed E-state index contributed by atoms with van der Waals surface area (Å²) in [5.74, 6) is 1.12. The second-order valence-electron chi connectivity index (χ2n) is 4.02. The van der Waals surface area contributed by atoms with Crippen LogP contribution in [0.3, 0.4) is 0 Å². The second kappa shape index (κ2) is 2.06. The molecule has 1 aromatic carbocycles. The highest BCUT2D eigenvalue weighted by Crippen LogP contribution is 2.65. The van der Waals surface area contributed by atoms with Crippen molar-refractivity contribution in [3.05, 3.63) is 23.8 Å². The van der Waals surface area contributed by atoms with Crippen LogP contribution in [-0.2, 0) is 10.3 Å². The molecule has 1 saturated heterocycles. The van der Waals surface area contributed by atoms with Gasteiger partial charge >= 0.3 is 0 Å². The fraction of sp³-hybridized carbons (Fsp3) is 0.455. The lowest BCUT2D eigenvalue weighted by Gasteiger charge is -2.10. The molecule has 0 aromatic heterocycles. The second-order valence-corrected chi connectivity index (χ2v) is 4.02. The van der Waals surface area contributed by atoms with Crippen molar-refractivity contribution < 1.29 is 14.2 Å². The van der Waals surface area contributed by atoms with Gasteiger partial charge in [-0.2, -0.15) is 0 Å². The number of para-hydroxylation sites is 1. The minimum Gasteiger partial charge on any atom is -0.493 e. The maximum absolute atomic E-state index is 5.75. The summed E-state index contributed by atoms with van der Waals surface area (Å²) in [7, 11) is 1.65. The SMILES string of the molecule is COc1cccc2c1OC1(C)OC21C. The van der Waals surface area contributed by atoms with Gasteiger partial charge in [0.1, 0.15) is 0 Å². The zero-order valence-corrected chi connectivity index (χ0v) is 8.46. The lowest BCUT2D eigenvalue weighted by molar-refractivity contribution is 0.0749. The molecule has 2 aliphatic rings. The van der Waals surface area contributed by atoms with Crippen LogP contribution in [0.25, 0.3) is 0 Å². The molecular formula is C11H12O3. The quantitative estimate of drug-likeness (QED) is 0.638. The number of hydrogen-bond donors (Lipinski definition) is 0. The first-order chi connectivity index (χ1) is 6.61. The fourth-order valence-corrected chi connectivity index (χ4v) is 2.13. The van der Waals surface area contributed by atoms with Crippen molar-refractivity contribution in [2.24, 2.45) is 0 Å². The minimum absolute atomic E-state index is 0.281.